The van der Waals surface area contributed by atoms with Crippen LogP contribution in [0.25, 0.3) is 0 Å². The van der Waals surface area contributed by atoms with Gasteiger partial charge in [0.25, 0.3) is 0 Å². The number of aromatic hydroxyl groups is 1. The molecular formula is C15H24N2O2. The Morgan fingerprint density at radius 1 is 1.37 bits per heavy atom. The van der Waals surface area contributed by atoms with E-state index in [1.807, 2.05) is 20.0 Å². The molecule has 0 aliphatic carbocycles. The maximum Gasteiger partial charge on any atom is 0.225 e. The topological polar surface area (TPSA) is 52.6 Å². The van der Waals surface area contributed by atoms with Crippen LogP contribution in [0.2, 0.25) is 0 Å². The molecule has 2 N–H and O–H groups in total. The number of amides is 1. The lowest BCUT2D eigenvalue weighted by molar-refractivity contribution is -0.116. The van der Waals surface area contributed by atoms with Crippen LogP contribution in [0.1, 0.15) is 31.7 Å². The minimum atomic E-state index is -0.0655. The first kappa shape index (κ1) is 15.5. The van der Waals surface area contributed by atoms with Crippen molar-refractivity contribution in [2.24, 2.45) is 0 Å². The van der Waals surface area contributed by atoms with E-state index >= 15 is 0 Å². The van der Waals surface area contributed by atoms with Crippen molar-refractivity contribution >= 4 is 11.6 Å². The number of rotatable bonds is 7. The largest absolute Gasteiger partial charge is 0.506 e. The summed E-state index contributed by atoms with van der Waals surface area (Å²) >= 11 is 0. The highest BCUT2D eigenvalue weighted by molar-refractivity contribution is 5.92. The molecule has 1 rings (SSSR count). The molecule has 0 aliphatic heterocycles. The molecule has 0 bridgehead atoms. The summed E-state index contributed by atoms with van der Waals surface area (Å²) in [5.41, 5.74) is 1.49. The molecule has 0 aliphatic rings. The second-order valence-electron chi connectivity index (χ2n) is 4.98. The molecule has 1 amide bonds. The number of aryl methyl sites for hydroxylation is 1. The van der Waals surface area contributed by atoms with Gasteiger partial charge in [-0.1, -0.05) is 19.4 Å². The van der Waals surface area contributed by atoms with E-state index in [0.29, 0.717) is 12.1 Å². The van der Waals surface area contributed by atoms with Gasteiger partial charge in [-0.2, -0.15) is 0 Å². The Labute approximate surface area is 115 Å². The van der Waals surface area contributed by atoms with E-state index in [0.717, 1.165) is 31.5 Å². The molecule has 1 aromatic rings. The zero-order valence-corrected chi connectivity index (χ0v) is 12.1. The quantitative estimate of drug-likeness (QED) is 0.745. The van der Waals surface area contributed by atoms with Gasteiger partial charge in [-0.15, -0.1) is 0 Å². The van der Waals surface area contributed by atoms with E-state index < -0.39 is 0 Å². The van der Waals surface area contributed by atoms with Crippen LogP contribution in [0.3, 0.4) is 0 Å². The highest BCUT2D eigenvalue weighted by Gasteiger charge is 2.08. The molecule has 4 nitrogen and oxygen atoms in total. The number of nitrogens with zero attached hydrogens (tertiary/aromatic N) is 1. The number of carbonyl (C=O) groups excluding carboxylic acids is 1. The Kier molecular flexibility index (Phi) is 6.36. The molecule has 0 saturated carbocycles. The minimum absolute atomic E-state index is 0.0655. The van der Waals surface area contributed by atoms with Crippen molar-refractivity contribution in [2.45, 2.75) is 33.1 Å². The van der Waals surface area contributed by atoms with Gasteiger partial charge in [0.2, 0.25) is 5.91 Å². The fraction of sp³-hybridized carbons (Fsp3) is 0.533. The van der Waals surface area contributed by atoms with Crippen LogP contribution in [0, 0.1) is 6.92 Å². The standard InChI is InChI=1S/C15H24N2O2/c1-4-5-9-17(3)10-8-15(19)16-13-11-12(2)6-7-14(13)18/h6-7,11,18H,4-5,8-10H2,1-3H3,(H,16,19). The molecule has 0 spiro atoms. The smallest absolute Gasteiger partial charge is 0.225 e. The number of benzene rings is 1. The van der Waals surface area contributed by atoms with Gasteiger partial charge in [-0.25, -0.2) is 0 Å². The number of phenols is 1. The number of nitrogens with one attached hydrogen (secondary N) is 1. The molecular weight excluding hydrogens is 240 g/mol. The van der Waals surface area contributed by atoms with E-state index in [9.17, 15) is 9.90 Å². The molecule has 0 radical (unpaired) electrons. The van der Waals surface area contributed by atoms with E-state index in [4.69, 9.17) is 0 Å². The monoisotopic (exact) mass is 264 g/mol. The Hall–Kier alpha value is -1.55. The number of hydrogen-bond acceptors (Lipinski definition) is 3. The maximum atomic E-state index is 11.8. The van der Waals surface area contributed by atoms with Gasteiger partial charge in [-0.05, 0) is 44.6 Å². The summed E-state index contributed by atoms with van der Waals surface area (Å²) in [5.74, 6) is 0.0440. The summed E-state index contributed by atoms with van der Waals surface area (Å²) in [6, 6.07) is 5.18. The lowest BCUT2D eigenvalue weighted by Gasteiger charge is -2.15. The van der Waals surface area contributed by atoms with Crippen molar-refractivity contribution < 1.29 is 9.90 Å². The highest BCUT2D eigenvalue weighted by Crippen LogP contribution is 2.23. The lowest BCUT2D eigenvalue weighted by atomic mass is 10.2. The summed E-state index contributed by atoms with van der Waals surface area (Å²) in [4.78, 5) is 14.0. The van der Waals surface area contributed by atoms with Crippen molar-refractivity contribution in [3.8, 4) is 5.75 Å². The fourth-order valence-electron chi connectivity index (χ4n) is 1.79. The van der Waals surface area contributed by atoms with Crippen molar-refractivity contribution in [3.05, 3.63) is 23.8 Å². The molecule has 1 aromatic carbocycles. The minimum Gasteiger partial charge on any atom is -0.506 e. The van der Waals surface area contributed by atoms with Gasteiger partial charge in [-0.3, -0.25) is 4.79 Å². The van der Waals surface area contributed by atoms with Gasteiger partial charge < -0.3 is 15.3 Å². The van der Waals surface area contributed by atoms with Gasteiger partial charge in [0, 0.05) is 13.0 Å². The van der Waals surface area contributed by atoms with Crippen LogP contribution in [-0.2, 0) is 4.79 Å². The number of carbonyl (C=O) groups is 1. The first-order valence-corrected chi connectivity index (χ1v) is 6.81. The third-order valence-electron chi connectivity index (χ3n) is 3.04. The normalized spacial score (nSPS) is 10.7. The summed E-state index contributed by atoms with van der Waals surface area (Å²) in [6.45, 7) is 5.83. The molecule has 0 aromatic heterocycles. The third-order valence-corrected chi connectivity index (χ3v) is 3.04. The van der Waals surface area contributed by atoms with E-state index in [2.05, 4.69) is 17.1 Å². The SMILES string of the molecule is CCCCN(C)CCC(=O)Nc1cc(C)ccc1O. The number of phenolic OH excluding ortho intramolecular Hbond substituents is 1. The second kappa shape index (κ2) is 7.79. The van der Waals surface area contributed by atoms with Gasteiger partial charge in [0.05, 0.1) is 5.69 Å². The molecule has 106 valence electrons. The van der Waals surface area contributed by atoms with Crippen LogP contribution in [0.15, 0.2) is 18.2 Å². The molecule has 0 fully saturated rings. The van der Waals surface area contributed by atoms with E-state index in [1.54, 1.807) is 12.1 Å². The Bertz CT molecular complexity index is 419. The summed E-state index contributed by atoms with van der Waals surface area (Å²) in [5, 5.41) is 12.4. The van der Waals surface area contributed by atoms with Crippen LogP contribution in [-0.4, -0.2) is 36.1 Å². The Morgan fingerprint density at radius 2 is 2.11 bits per heavy atom. The summed E-state index contributed by atoms with van der Waals surface area (Å²) in [7, 11) is 2.02. The zero-order valence-electron chi connectivity index (χ0n) is 12.1. The molecule has 4 heteroatoms. The average molecular weight is 264 g/mol. The van der Waals surface area contributed by atoms with Crippen LogP contribution in [0.4, 0.5) is 5.69 Å². The molecule has 0 saturated heterocycles. The predicted octanol–water partition coefficient (Wildman–Crippen LogP) is 2.76. The molecule has 0 atom stereocenters. The fourth-order valence-corrected chi connectivity index (χ4v) is 1.79. The summed E-state index contributed by atoms with van der Waals surface area (Å²) < 4.78 is 0. The lowest BCUT2D eigenvalue weighted by Crippen LogP contribution is -2.25. The first-order chi connectivity index (χ1) is 9.02. The van der Waals surface area contributed by atoms with Gasteiger partial charge in [0.15, 0.2) is 0 Å². The van der Waals surface area contributed by atoms with Crippen molar-refractivity contribution in [3.63, 3.8) is 0 Å². The van der Waals surface area contributed by atoms with E-state index in [1.165, 1.54) is 0 Å². The molecule has 0 heterocycles. The summed E-state index contributed by atoms with van der Waals surface area (Å²) in [6.07, 6.45) is 2.75. The van der Waals surface area contributed by atoms with Crippen LogP contribution in [0.5, 0.6) is 5.75 Å². The van der Waals surface area contributed by atoms with Gasteiger partial charge in [0.1, 0.15) is 5.75 Å². The second-order valence-corrected chi connectivity index (χ2v) is 4.98. The maximum absolute atomic E-state index is 11.8. The van der Waals surface area contributed by atoms with Crippen LogP contribution < -0.4 is 5.32 Å². The first-order valence-electron chi connectivity index (χ1n) is 6.81. The number of anilines is 1. The van der Waals surface area contributed by atoms with E-state index in [-0.39, 0.29) is 11.7 Å². The molecule has 19 heavy (non-hydrogen) atoms. The predicted molar refractivity (Wildman–Crippen MR) is 78.5 cm³/mol. The highest BCUT2D eigenvalue weighted by atomic mass is 16.3. The Balaban J connectivity index is 2.40. The van der Waals surface area contributed by atoms with Gasteiger partial charge >= 0.3 is 0 Å². The number of hydrogen-bond donors (Lipinski definition) is 2. The zero-order chi connectivity index (χ0) is 14.3. The number of unbranched alkanes of at least 4 members (excludes halogenated alkanes) is 1. The van der Waals surface area contributed by atoms with Crippen molar-refractivity contribution in [1.29, 1.82) is 0 Å². The van der Waals surface area contributed by atoms with Crippen molar-refractivity contribution in [1.82, 2.24) is 4.90 Å². The molecule has 0 unspecified atom stereocenters. The third kappa shape index (κ3) is 5.75. The Morgan fingerprint density at radius 3 is 2.79 bits per heavy atom. The van der Waals surface area contributed by atoms with Crippen LogP contribution >= 0.6 is 0 Å². The average Bonchev–Trinajstić information content (AvgIpc) is 2.38. The van der Waals surface area contributed by atoms with Crippen molar-refractivity contribution in [2.75, 3.05) is 25.5 Å².